The molecule has 1 aromatic rings. The molecule has 0 aromatic heterocycles. The second-order valence-corrected chi connectivity index (χ2v) is 7.42. The molecule has 1 unspecified atom stereocenters. The van der Waals surface area contributed by atoms with Gasteiger partial charge in [-0.2, -0.15) is 0 Å². The molecule has 1 aromatic carbocycles. The van der Waals surface area contributed by atoms with Crippen LogP contribution in [0.4, 0.5) is 0 Å². The highest BCUT2D eigenvalue weighted by Crippen LogP contribution is 2.14. The molecule has 0 fully saturated rings. The van der Waals surface area contributed by atoms with Crippen LogP contribution < -0.4 is 5.19 Å². The minimum absolute atomic E-state index is 0.189. The average molecular weight is 229 g/mol. The van der Waals surface area contributed by atoms with Crippen LogP contribution in [-0.4, -0.2) is 15.0 Å². The van der Waals surface area contributed by atoms with Crippen LogP contribution in [0.5, 0.6) is 0 Å². The lowest BCUT2D eigenvalue weighted by Crippen LogP contribution is -2.31. The Morgan fingerprint density at radius 3 is 2.29 bits per heavy atom. The molecule has 1 nitrogen and oxygen atoms in total. The summed E-state index contributed by atoms with van der Waals surface area (Å²) >= 11 is 6.23. The first-order valence-electron chi connectivity index (χ1n) is 4.80. The molecular formula is C11H17ClOSi. The summed E-state index contributed by atoms with van der Waals surface area (Å²) in [6.45, 7) is 7.17. The van der Waals surface area contributed by atoms with E-state index in [0.29, 0.717) is 0 Å². The molecule has 0 aliphatic heterocycles. The van der Waals surface area contributed by atoms with Crippen molar-refractivity contribution in [1.82, 2.24) is 0 Å². The Labute approximate surface area is 92.5 Å². The summed E-state index contributed by atoms with van der Waals surface area (Å²) in [5, 5.41) is 1.15. The molecule has 14 heavy (non-hydrogen) atoms. The van der Waals surface area contributed by atoms with E-state index in [-0.39, 0.29) is 5.41 Å². The van der Waals surface area contributed by atoms with Gasteiger partial charge in [-0.15, -0.1) is 11.1 Å². The maximum Gasteiger partial charge on any atom is 0.306 e. The minimum atomic E-state index is -1.69. The Balaban J connectivity index is 2.48. The first-order chi connectivity index (χ1) is 6.49. The van der Waals surface area contributed by atoms with Gasteiger partial charge < -0.3 is 4.43 Å². The van der Waals surface area contributed by atoms with Crippen molar-refractivity contribution in [3.05, 3.63) is 30.3 Å². The van der Waals surface area contributed by atoms with Crippen LogP contribution in [-0.2, 0) is 4.43 Å². The van der Waals surface area contributed by atoms with E-state index in [1.165, 1.54) is 0 Å². The predicted octanol–water partition coefficient (Wildman–Crippen LogP) is 2.42. The molecule has 3 heteroatoms. The van der Waals surface area contributed by atoms with Gasteiger partial charge in [-0.1, -0.05) is 51.1 Å². The molecule has 0 aliphatic carbocycles. The van der Waals surface area contributed by atoms with E-state index in [0.717, 1.165) is 11.8 Å². The van der Waals surface area contributed by atoms with E-state index >= 15 is 0 Å². The Kier molecular flexibility index (Phi) is 4.17. The van der Waals surface area contributed by atoms with Gasteiger partial charge in [0.15, 0.2) is 0 Å². The third kappa shape index (κ3) is 4.27. The lowest BCUT2D eigenvalue weighted by Gasteiger charge is -2.20. The summed E-state index contributed by atoms with van der Waals surface area (Å²) in [6, 6.07) is 10.1. The highest BCUT2D eigenvalue weighted by atomic mass is 35.6. The van der Waals surface area contributed by atoms with Crippen LogP contribution in [0, 0.1) is 5.41 Å². The second kappa shape index (κ2) is 4.96. The number of hydrogen-bond donors (Lipinski definition) is 0. The van der Waals surface area contributed by atoms with Crippen LogP contribution in [0.1, 0.15) is 20.8 Å². The van der Waals surface area contributed by atoms with Crippen molar-refractivity contribution >= 4 is 24.6 Å². The molecule has 0 saturated carbocycles. The Morgan fingerprint density at radius 1 is 1.21 bits per heavy atom. The van der Waals surface area contributed by atoms with Gasteiger partial charge in [-0.3, -0.25) is 0 Å². The standard InChI is InChI=1S/C11H17ClOSi/c1-11(2,3)9-13-14(12)10-7-5-4-6-8-10/h4-8,14H,9H2,1-3H3. The van der Waals surface area contributed by atoms with Gasteiger partial charge in [0.25, 0.3) is 0 Å². The fourth-order valence-electron chi connectivity index (χ4n) is 1.02. The normalized spacial score (nSPS) is 14.0. The quantitative estimate of drug-likeness (QED) is 0.571. The first kappa shape index (κ1) is 11.8. The Morgan fingerprint density at radius 2 is 1.79 bits per heavy atom. The fraction of sp³-hybridized carbons (Fsp3) is 0.455. The molecule has 0 radical (unpaired) electrons. The van der Waals surface area contributed by atoms with Gasteiger partial charge in [-0.05, 0) is 10.6 Å². The number of rotatable bonds is 3. The van der Waals surface area contributed by atoms with Crippen molar-refractivity contribution in [1.29, 1.82) is 0 Å². The first-order valence-corrected chi connectivity index (χ1v) is 7.59. The highest BCUT2D eigenvalue weighted by molar-refractivity contribution is 7.10. The van der Waals surface area contributed by atoms with E-state index in [1.807, 2.05) is 30.3 Å². The van der Waals surface area contributed by atoms with Crippen LogP contribution in [0.15, 0.2) is 30.3 Å². The van der Waals surface area contributed by atoms with Crippen molar-refractivity contribution in [3.8, 4) is 0 Å². The summed E-state index contributed by atoms with van der Waals surface area (Å²) in [5.74, 6) is 0. The van der Waals surface area contributed by atoms with Gasteiger partial charge in [0.05, 0.1) is 0 Å². The molecule has 78 valence electrons. The van der Waals surface area contributed by atoms with Crippen molar-refractivity contribution in [3.63, 3.8) is 0 Å². The number of benzene rings is 1. The molecule has 0 N–H and O–H groups in total. The lowest BCUT2D eigenvalue weighted by atomic mass is 9.99. The fourth-order valence-corrected chi connectivity index (χ4v) is 3.01. The van der Waals surface area contributed by atoms with E-state index in [2.05, 4.69) is 20.8 Å². The summed E-state index contributed by atoms with van der Waals surface area (Å²) in [5.41, 5.74) is 0.189. The van der Waals surface area contributed by atoms with Gasteiger partial charge in [-0.25, -0.2) is 0 Å². The molecule has 0 spiro atoms. The van der Waals surface area contributed by atoms with Crippen molar-refractivity contribution in [2.45, 2.75) is 20.8 Å². The molecular weight excluding hydrogens is 212 g/mol. The van der Waals surface area contributed by atoms with Crippen molar-refractivity contribution < 1.29 is 4.43 Å². The molecule has 0 heterocycles. The Bertz CT molecular complexity index is 268. The summed E-state index contributed by atoms with van der Waals surface area (Å²) in [7, 11) is -1.69. The van der Waals surface area contributed by atoms with Gasteiger partial charge in [0.2, 0.25) is 0 Å². The molecule has 0 amide bonds. The van der Waals surface area contributed by atoms with Crippen LogP contribution in [0.2, 0.25) is 0 Å². The van der Waals surface area contributed by atoms with Crippen molar-refractivity contribution in [2.75, 3.05) is 6.61 Å². The van der Waals surface area contributed by atoms with E-state index < -0.39 is 8.35 Å². The highest BCUT2D eigenvalue weighted by Gasteiger charge is 2.16. The monoisotopic (exact) mass is 228 g/mol. The van der Waals surface area contributed by atoms with Gasteiger partial charge in [0, 0.05) is 6.61 Å². The van der Waals surface area contributed by atoms with Gasteiger partial charge in [0.1, 0.15) is 0 Å². The van der Waals surface area contributed by atoms with Crippen LogP contribution in [0.3, 0.4) is 0 Å². The zero-order valence-corrected chi connectivity index (χ0v) is 10.9. The molecule has 1 rings (SSSR count). The Hall–Kier alpha value is -0.313. The second-order valence-electron chi connectivity index (χ2n) is 4.60. The zero-order valence-electron chi connectivity index (χ0n) is 8.96. The average Bonchev–Trinajstić information content (AvgIpc) is 2.14. The number of hydrogen-bond acceptors (Lipinski definition) is 1. The van der Waals surface area contributed by atoms with Crippen molar-refractivity contribution in [2.24, 2.45) is 5.41 Å². The predicted molar refractivity (Wildman–Crippen MR) is 64.5 cm³/mol. The largest absolute Gasteiger partial charge is 0.402 e. The van der Waals surface area contributed by atoms with E-state index in [4.69, 9.17) is 15.5 Å². The third-order valence-electron chi connectivity index (χ3n) is 1.72. The zero-order chi connectivity index (χ0) is 10.6. The summed E-state index contributed by atoms with van der Waals surface area (Å²) < 4.78 is 5.70. The van der Waals surface area contributed by atoms with E-state index in [9.17, 15) is 0 Å². The minimum Gasteiger partial charge on any atom is -0.402 e. The molecule has 0 aliphatic rings. The van der Waals surface area contributed by atoms with E-state index in [1.54, 1.807) is 0 Å². The molecule has 0 bridgehead atoms. The summed E-state index contributed by atoms with van der Waals surface area (Å²) in [4.78, 5) is 0. The topological polar surface area (TPSA) is 9.23 Å². The number of halogens is 1. The van der Waals surface area contributed by atoms with Crippen LogP contribution >= 0.6 is 11.1 Å². The smallest absolute Gasteiger partial charge is 0.306 e. The molecule has 0 saturated heterocycles. The SMILES string of the molecule is CC(C)(C)CO[SiH](Cl)c1ccccc1. The lowest BCUT2D eigenvalue weighted by molar-refractivity contribution is 0.206. The maximum atomic E-state index is 6.23. The summed E-state index contributed by atoms with van der Waals surface area (Å²) in [6.07, 6.45) is 0. The van der Waals surface area contributed by atoms with Crippen LogP contribution in [0.25, 0.3) is 0 Å². The molecule has 1 atom stereocenters. The third-order valence-corrected chi connectivity index (χ3v) is 4.23. The maximum absolute atomic E-state index is 6.23. The van der Waals surface area contributed by atoms with Gasteiger partial charge >= 0.3 is 8.35 Å².